The molecule has 1 aliphatic carbocycles. The Kier molecular flexibility index (Phi) is 2.79. The van der Waals surface area contributed by atoms with E-state index in [4.69, 9.17) is 11.6 Å². The summed E-state index contributed by atoms with van der Waals surface area (Å²) in [5, 5.41) is 0.448. The van der Waals surface area contributed by atoms with Gasteiger partial charge in [0.1, 0.15) is 0 Å². The van der Waals surface area contributed by atoms with Crippen LogP contribution in [0.3, 0.4) is 0 Å². The first kappa shape index (κ1) is 8.13. The fourth-order valence-electron chi connectivity index (χ4n) is 1.69. The van der Waals surface area contributed by atoms with Gasteiger partial charge in [0.05, 0.1) is 0 Å². The van der Waals surface area contributed by atoms with Crippen LogP contribution in [-0.2, 0) is 0 Å². The van der Waals surface area contributed by atoms with E-state index >= 15 is 0 Å². The molecule has 1 rings (SSSR count). The average molecular weight is 159 g/mol. The van der Waals surface area contributed by atoms with Crippen molar-refractivity contribution < 1.29 is 0 Å². The molecule has 0 bridgehead atoms. The topological polar surface area (TPSA) is 0 Å². The Morgan fingerprint density at radius 3 is 2.70 bits per heavy atom. The Morgan fingerprint density at radius 2 is 2.30 bits per heavy atom. The van der Waals surface area contributed by atoms with Gasteiger partial charge in [0.25, 0.3) is 0 Å². The molecule has 2 atom stereocenters. The average Bonchev–Trinajstić information content (AvgIpc) is 2.13. The molecule has 0 aromatic carbocycles. The van der Waals surface area contributed by atoms with E-state index in [2.05, 4.69) is 13.5 Å². The lowest BCUT2D eigenvalue weighted by molar-refractivity contribution is 0.545. The predicted molar refractivity (Wildman–Crippen MR) is 46.4 cm³/mol. The number of hydrogen-bond donors (Lipinski definition) is 0. The zero-order valence-corrected chi connectivity index (χ0v) is 7.32. The van der Waals surface area contributed by atoms with Crippen LogP contribution in [-0.4, -0.2) is 5.38 Å². The maximum absolute atomic E-state index is 5.96. The van der Waals surface area contributed by atoms with E-state index in [1.54, 1.807) is 0 Å². The molecule has 0 aromatic rings. The minimum Gasteiger partial charge on any atom is -0.123 e. The Bertz CT molecular complexity index is 129. The lowest BCUT2D eigenvalue weighted by Crippen LogP contribution is -1.95. The van der Waals surface area contributed by atoms with E-state index in [1.807, 2.05) is 0 Å². The summed E-state index contributed by atoms with van der Waals surface area (Å²) in [6, 6.07) is 0. The van der Waals surface area contributed by atoms with Crippen molar-refractivity contribution in [1.82, 2.24) is 0 Å². The fraction of sp³-hybridized carbons (Fsp3) is 0.778. The number of halogens is 1. The predicted octanol–water partition coefficient (Wildman–Crippen LogP) is 3.36. The van der Waals surface area contributed by atoms with Gasteiger partial charge in [-0.2, -0.15) is 0 Å². The maximum Gasteiger partial charge on any atom is 0.0338 e. The third-order valence-corrected chi connectivity index (χ3v) is 2.51. The van der Waals surface area contributed by atoms with E-state index < -0.39 is 0 Å². The molecule has 0 saturated heterocycles. The third kappa shape index (κ3) is 2.34. The van der Waals surface area contributed by atoms with Gasteiger partial charge in [0.2, 0.25) is 0 Å². The number of allylic oxidation sites excluding steroid dienone is 1. The van der Waals surface area contributed by atoms with Gasteiger partial charge in [-0.15, -0.1) is 18.2 Å². The van der Waals surface area contributed by atoms with Gasteiger partial charge in [-0.3, -0.25) is 0 Å². The number of rotatable bonds is 2. The highest BCUT2D eigenvalue weighted by Gasteiger charge is 2.22. The summed E-state index contributed by atoms with van der Waals surface area (Å²) in [6.45, 7) is 6.00. The van der Waals surface area contributed by atoms with Crippen molar-refractivity contribution >= 4 is 11.6 Å². The molecule has 10 heavy (non-hydrogen) atoms. The zero-order valence-electron chi connectivity index (χ0n) is 6.57. The summed E-state index contributed by atoms with van der Waals surface area (Å²) < 4.78 is 0. The molecule has 0 amide bonds. The highest BCUT2D eigenvalue weighted by Crippen LogP contribution is 2.32. The van der Waals surface area contributed by atoms with Crippen LogP contribution >= 0.6 is 11.6 Å². The number of hydrogen-bond acceptors (Lipinski definition) is 0. The smallest absolute Gasteiger partial charge is 0.0338 e. The first-order valence-electron chi connectivity index (χ1n) is 3.97. The lowest BCUT2D eigenvalue weighted by atomic mass is 10.0. The molecule has 0 spiro atoms. The molecule has 1 aliphatic rings. The van der Waals surface area contributed by atoms with Crippen molar-refractivity contribution in [2.45, 2.75) is 38.0 Å². The van der Waals surface area contributed by atoms with Crippen LogP contribution in [0, 0.1) is 5.92 Å². The van der Waals surface area contributed by atoms with Crippen LogP contribution < -0.4 is 0 Å². The van der Waals surface area contributed by atoms with Crippen LogP contribution in [0.5, 0.6) is 0 Å². The molecular formula is C9H15Cl. The van der Waals surface area contributed by atoms with E-state index in [0.29, 0.717) is 5.38 Å². The van der Waals surface area contributed by atoms with Crippen LogP contribution in [0.15, 0.2) is 12.2 Å². The zero-order chi connectivity index (χ0) is 7.56. The van der Waals surface area contributed by atoms with Crippen molar-refractivity contribution in [3.63, 3.8) is 0 Å². The fourth-order valence-corrected chi connectivity index (χ4v) is 2.07. The minimum absolute atomic E-state index is 0.448. The van der Waals surface area contributed by atoms with Gasteiger partial charge in [-0.25, -0.2) is 0 Å². The van der Waals surface area contributed by atoms with Crippen molar-refractivity contribution in [2.24, 2.45) is 5.92 Å². The monoisotopic (exact) mass is 158 g/mol. The SMILES string of the molecule is C=C(C)CC1CCC(Cl)C1. The second-order valence-electron chi connectivity index (χ2n) is 3.44. The van der Waals surface area contributed by atoms with Crippen LogP contribution in [0.1, 0.15) is 32.6 Å². The molecule has 0 aromatic heterocycles. The standard InChI is InChI=1S/C9H15Cl/c1-7(2)5-8-3-4-9(10)6-8/h8-9H,1,3-6H2,2H3. The summed E-state index contributed by atoms with van der Waals surface area (Å²) in [5.74, 6) is 0.833. The Labute approximate surface area is 68.3 Å². The quantitative estimate of drug-likeness (QED) is 0.427. The van der Waals surface area contributed by atoms with Crippen LogP contribution in [0.2, 0.25) is 0 Å². The number of alkyl halides is 1. The van der Waals surface area contributed by atoms with E-state index in [9.17, 15) is 0 Å². The van der Waals surface area contributed by atoms with Gasteiger partial charge in [0.15, 0.2) is 0 Å². The lowest BCUT2D eigenvalue weighted by Gasteiger charge is -2.06. The van der Waals surface area contributed by atoms with E-state index in [1.165, 1.54) is 31.3 Å². The molecule has 0 N–H and O–H groups in total. The van der Waals surface area contributed by atoms with Gasteiger partial charge in [-0.05, 0) is 38.5 Å². The second kappa shape index (κ2) is 3.43. The first-order chi connectivity index (χ1) is 4.68. The molecule has 0 aliphatic heterocycles. The van der Waals surface area contributed by atoms with Crippen LogP contribution in [0.4, 0.5) is 0 Å². The van der Waals surface area contributed by atoms with Gasteiger partial charge >= 0.3 is 0 Å². The highest BCUT2D eigenvalue weighted by molar-refractivity contribution is 6.20. The molecule has 1 heteroatoms. The summed E-state index contributed by atoms with van der Waals surface area (Å²) in [6.07, 6.45) is 4.90. The molecule has 0 nitrogen and oxygen atoms in total. The van der Waals surface area contributed by atoms with E-state index in [-0.39, 0.29) is 0 Å². The maximum atomic E-state index is 5.96. The molecule has 2 unspecified atom stereocenters. The summed E-state index contributed by atoms with van der Waals surface area (Å²) in [5.41, 5.74) is 1.30. The van der Waals surface area contributed by atoms with Crippen molar-refractivity contribution in [3.05, 3.63) is 12.2 Å². The minimum atomic E-state index is 0.448. The molecular weight excluding hydrogens is 144 g/mol. The largest absolute Gasteiger partial charge is 0.123 e. The van der Waals surface area contributed by atoms with Crippen molar-refractivity contribution in [2.75, 3.05) is 0 Å². The molecule has 1 saturated carbocycles. The van der Waals surface area contributed by atoms with Crippen molar-refractivity contribution in [3.8, 4) is 0 Å². The Morgan fingerprint density at radius 1 is 1.60 bits per heavy atom. The van der Waals surface area contributed by atoms with Crippen LogP contribution in [0.25, 0.3) is 0 Å². The first-order valence-corrected chi connectivity index (χ1v) is 4.40. The molecule has 1 fully saturated rings. The molecule has 0 radical (unpaired) electrons. The van der Waals surface area contributed by atoms with Gasteiger partial charge in [-0.1, -0.05) is 5.57 Å². The summed E-state index contributed by atoms with van der Waals surface area (Å²) in [4.78, 5) is 0. The second-order valence-corrected chi connectivity index (χ2v) is 4.05. The van der Waals surface area contributed by atoms with Crippen molar-refractivity contribution in [1.29, 1.82) is 0 Å². The van der Waals surface area contributed by atoms with Gasteiger partial charge < -0.3 is 0 Å². The Hall–Kier alpha value is 0.0300. The third-order valence-electron chi connectivity index (χ3n) is 2.11. The highest BCUT2D eigenvalue weighted by atomic mass is 35.5. The Balaban J connectivity index is 2.24. The molecule has 0 heterocycles. The molecule has 58 valence electrons. The van der Waals surface area contributed by atoms with E-state index in [0.717, 1.165) is 5.92 Å². The summed E-state index contributed by atoms with van der Waals surface area (Å²) in [7, 11) is 0. The van der Waals surface area contributed by atoms with Gasteiger partial charge in [0, 0.05) is 5.38 Å². The summed E-state index contributed by atoms with van der Waals surface area (Å²) >= 11 is 5.96. The normalized spacial score (nSPS) is 32.6.